The Balaban J connectivity index is 1.76. The highest BCUT2D eigenvalue weighted by atomic mass is 16.5. The number of hydrogen-bond donors (Lipinski definition) is 1. The lowest BCUT2D eigenvalue weighted by Gasteiger charge is -2.21. The third kappa shape index (κ3) is 5.18. The van der Waals surface area contributed by atoms with E-state index in [2.05, 4.69) is 16.3 Å². The standard InChI is InChI=1S/C16H21N3O2/c1-21-11-10-19(15-6-7-15)9-8-16(20)18-14-4-2-13(12-17)3-5-14/h2-5,15H,6-11H2,1H3,(H,18,20). The summed E-state index contributed by atoms with van der Waals surface area (Å²) in [7, 11) is 1.70. The van der Waals surface area contributed by atoms with Gasteiger partial charge in [0, 0.05) is 38.3 Å². The van der Waals surface area contributed by atoms with Crippen molar-refractivity contribution in [2.45, 2.75) is 25.3 Å². The van der Waals surface area contributed by atoms with Gasteiger partial charge in [0.15, 0.2) is 0 Å². The van der Waals surface area contributed by atoms with Crippen LogP contribution in [-0.2, 0) is 9.53 Å². The van der Waals surface area contributed by atoms with Crippen LogP contribution in [0, 0.1) is 11.3 Å². The van der Waals surface area contributed by atoms with Gasteiger partial charge in [-0.15, -0.1) is 0 Å². The molecule has 1 aromatic carbocycles. The Morgan fingerprint density at radius 2 is 2.10 bits per heavy atom. The first-order valence-electron chi connectivity index (χ1n) is 7.26. The fraction of sp³-hybridized carbons (Fsp3) is 0.500. The highest BCUT2D eigenvalue weighted by molar-refractivity contribution is 5.90. The molecule has 21 heavy (non-hydrogen) atoms. The molecule has 0 atom stereocenters. The van der Waals surface area contributed by atoms with E-state index >= 15 is 0 Å². The van der Waals surface area contributed by atoms with Gasteiger partial charge in [0.05, 0.1) is 18.2 Å². The Labute approximate surface area is 125 Å². The Kier molecular flexibility index (Phi) is 5.73. The average molecular weight is 287 g/mol. The quantitative estimate of drug-likeness (QED) is 0.794. The summed E-state index contributed by atoms with van der Waals surface area (Å²) in [4.78, 5) is 14.3. The van der Waals surface area contributed by atoms with Crippen LogP contribution in [0.3, 0.4) is 0 Å². The number of benzene rings is 1. The van der Waals surface area contributed by atoms with Crippen molar-refractivity contribution in [2.75, 3.05) is 32.1 Å². The van der Waals surface area contributed by atoms with Crippen LogP contribution >= 0.6 is 0 Å². The smallest absolute Gasteiger partial charge is 0.225 e. The topological polar surface area (TPSA) is 65.4 Å². The molecule has 1 aliphatic carbocycles. The normalized spacial score (nSPS) is 14.0. The molecule has 2 rings (SSSR count). The molecule has 112 valence electrons. The zero-order valence-electron chi connectivity index (χ0n) is 12.3. The van der Waals surface area contributed by atoms with Gasteiger partial charge < -0.3 is 10.1 Å². The molecule has 0 heterocycles. The number of nitrogens with one attached hydrogen (secondary N) is 1. The van der Waals surface area contributed by atoms with Crippen molar-refractivity contribution in [3.05, 3.63) is 29.8 Å². The maximum atomic E-state index is 12.0. The van der Waals surface area contributed by atoms with Crippen LogP contribution in [0.25, 0.3) is 0 Å². The molecule has 5 nitrogen and oxygen atoms in total. The van der Waals surface area contributed by atoms with Crippen LogP contribution in [0.4, 0.5) is 5.69 Å². The Bertz CT molecular complexity index is 503. The number of carbonyl (C=O) groups excluding carboxylic acids is 1. The second kappa shape index (κ2) is 7.77. The third-order valence-corrected chi connectivity index (χ3v) is 3.57. The summed E-state index contributed by atoms with van der Waals surface area (Å²) in [6.07, 6.45) is 2.92. The van der Waals surface area contributed by atoms with Crippen LogP contribution in [0.1, 0.15) is 24.8 Å². The number of hydrogen-bond acceptors (Lipinski definition) is 4. The lowest BCUT2D eigenvalue weighted by molar-refractivity contribution is -0.116. The zero-order valence-corrected chi connectivity index (χ0v) is 12.3. The monoisotopic (exact) mass is 287 g/mol. The molecule has 1 N–H and O–H groups in total. The summed E-state index contributed by atoms with van der Waals surface area (Å²) < 4.78 is 5.11. The third-order valence-electron chi connectivity index (χ3n) is 3.57. The Morgan fingerprint density at radius 1 is 1.38 bits per heavy atom. The zero-order chi connectivity index (χ0) is 15.1. The van der Waals surface area contributed by atoms with Gasteiger partial charge in [-0.1, -0.05) is 0 Å². The van der Waals surface area contributed by atoms with Crippen molar-refractivity contribution >= 4 is 11.6 Å². The number of methoxy groups -OCH3 is 1. The molecule has 0 bridgehead atoms. The molecule has 1 aromatic rings. The number of anilines is 1. The van der Waals surface area contributed by atoms with Crippen LogP contribution in [0.2, 0.25) is 0 Å². The van der Waals surface area contributed by atoms with Gasteiger partial charge in [0.1, 0.15) is 0 Å². The number of carbonyl (C=O) groups is 1. The summed E-state index contributed by atoms with van der Waals surface area (Å²) in [6, 6.07) is 9.58. The molecule has 5 heteroatoms. The van der Waals surface area contributed by atoms with Crippen molar-refractivity contribution in [1.29, 1.82) is 5.26 Å². The molecular formula is C16H21N3O2. The van der Waals surface area contributed by atoms with Crippen LogP contribution in [0.5, 0.6) is 0 Å². The fourth-order valence-electron chi connectivity index (χ4n) is 2.22. The van der Waals surface area contributed by atoms with Gasteiger partial charge in [-0.2, -0.15) is 5.26 Å². The van der Waals surface area contributed by atoms with E-state index in [9.17, 15) is 4.79 Å². The van der Waals surface area contributed by atoms with Crippen molar-refractivity contribution in [1.82, 2.24) is 4.90 Å². The van der Waals surface area contributed by atoms with E-state index in [4.69, 9.17) is 10.00 Å². The molecule has 1 amide bonds. The number of rotatable bonds is 8. The predicted octanol–water partition coefficient (Wildman–Crippen LogP) is 2.00. The second-order valence-electron chi connectivity index (χ2n) is 5.25. The minimum absolute atomic E-state index is 0.00257. The molecule has 1 saturated carbocycles. The molecule has 1 fully saturated rings. The lowest BCUT2D eigenvalue weighted by atomic mass is 10.2. The number of ether oxygens (including phenoxy) is 1. The van der Waals surface area contributed by atoms with E-state index in [1.165, 1.54) is 12.8 Å². The average Bonchev–Trinajstić information content (AvgIpc) is 3.33. The lowest BCUT2D eigenvalue weighted by Crippen LogP contribution is -2.32. The second-order valence-corrected chi connectivity index (χ2v) is 5.25. The van der Waals surface area contributed by atoms with Gasteiger partial charge in [0.2, 0.25) is 5.91 Å². The molecule has 0 spiro atoms. The summed E-state index contributed by atoms with van der Waals surface area (Å²) in [5.41, 5.74) is 1.32. The van der Waals surface area contributed by atoms with E-state index < -0.39 is 0 Å². The van der Waals surface area contributed by atoms with Crippen molar-refractivity contribution in [3.8, 4) is 6.07 Å². The molecule has 1 aliphatic rings. The number of nitriles is 1. The van der Waals surface area contributed by atoms with E-state index in [1.807, 2.05) is 0 Å². The van der Waals surface area contributed by atoms with Crippen molar-refractivity contribution in [2.24, 2.45) is 0 Å². The van der Waals surface area contributed by atoms with E-state index in [0.717, 1.165) is 18.8 Å². The highest BCUT2D eigenvalue weighted by Gasteiger charge is 2.28. The largest absolute Gasteiger partial charge is 0.383 e. The molecular weight excluding hydrogens is 266 g/mol. The number of nitrogens with zero attached hydrogens (tertiary/aromatic N) is 2. The Morgan fingerprint density at radius 3 is 2.67 bits per heavy atom. The molecule has 0 unspecified atom stereocenters. The fourth-order valence-corrected chi connectivity index (χ4v) is 2.22. The first-order chi connectivity index (χ1) is 10.2. The van der Waals surface area contributed by atoms with Crippen LogP contribution < -0.4 is 5.32 Å². The highest BCUT2D eigenvalue weighted by Crippen LogP contribution is 2.26. The van der Waals surface area contributed by atoms with E-state index in [1.54, 1.807) is 31.4 Å². The minimum Gasteiger partial charge on any atom is -0.383 e. The molecule has 0 radical (unpaired) electrons. The molecule has 0 aromatic heterocycles. The maximum absolute atomic E-state index is 12.0. The van der Waals surface area contributed by atoms with Gasteiger partial charge in [-0.3, -0.25) is 9.69 Å². The Hall–Kier alpha value is -1.90. The summed E-state index contributed by atoms with van der Waals surface area (Å²) in [6.45, 7) is 2.34. The summed E-state index contributed by atoms with van der Waals surface area (Å²) >= 11 is 0. The van der Waals surface area contributed by atoms with E-state index in [-0.39, 0.29) is 5.91 Å². The van der Waals surface area contributed by atoms with Crippen LogP contribution in [-0.4, -0.2) is 43.7 Å². The molecule has 0 aliphatic heterocycles. The van der Waals surface area contributed by atoms with E-state index in [0.29, 0.717) is 24.6 Å². The summed E-state index contributed by atoms with van der Waals surface area (Å²) in [5.74, 6) is 0.00257. The number of amides is 1. The van der Waals surface area contributed by atoms with Gasteiger partial charge in [0.25, 0.3) is 0 Å². The minimum atomic E-state index is 0.00257. The SMILES string of the molecule is COCCN(CCC(=O)Nc1ccc(C#N)cc1)C1CC1. The van der Waals surface area contributed by atoms with Gasteiger partial charge in [-0.05, 0) is 37.1 Å². The van der Waals surface area contributed by atoms with Crippen molar-refractivity contribution < 1.29 is 9.53 Å². The molecule has 0 saturated heterocycles. The van der Waals surface area contributed by atoms with Gasteiger partial charge in [-0.25, -0.2) is 0 Å². The predicted molar refractivity (Wildman–Crippen MR) is 80.9 cm³/mol. The first-order valence-corrected chi connectivity index (χ1v) is 7.26. The maximum Gasteiger partial charge on any atom is 0.225 e. The first kappa shape index (κ1) is 15.5. The van der Waals surface area contributed by atoms with Crippen molar-refractivity contribution in [3.63, 3.8) is 0 Å². The summed E-state index contributed by atoms with van der Waals surface area (Å²) in [5, 5.41) is 11.6. The van der Waals surface area contributed by atoms with Crippen LogP contribution in [0.15, 0.2) is 24.3 Å². The van der Waals surface area contributed by atoms with Gasteiger partial charge >= 0.3 is 0 Å².